The second kappa shape index (κ2) is 12.2. The highest BCUT2D eigenvalue weighted by Gasteiger charge is 2.47. The molecule has 3 heterocycles. The molecule has 12 nitrogen and oxygen atoms in total. The third-order valence-electron chi connectivity index (χ3n) is 5.89. The average molecular weight is 576 g/mol. The van der Waals surface area contributed by atoms with E-state index < -0.39 is 42.6 Å². The first kappa shape index (κ1) is 28.0. The first-order chi connectivity index (χ1) is 18.7. The highest BCUT2D eigenvalue weighted by atomic mass is 32.2. The van der Waals surface area contributed by atoms with Gasteiger partial charge in [-0.25, -0.2) is 9.59 Å². The molecule has 2 unspecified atom stereocenters. The average Bonchev–Trinajstić information content (AvgIpc) is 3.45. The molecule has 0 bridgehead atoms. The van der Waals surface area contributed by atoms with Crippen LogP contribution < -0.4 is 10.1 Å². The summed E-state index contributed by atoms with van der Waals surface area (Å²) in [7, 11) is 1.53. The highest BCUT2D eigenvalue weighted by Crippen LogP contribution is 2.41. The standard InChI is InChI=1S/C25H25N3O9S2/c1-14(29)37-13-27(17-12-39-20-10-19(30)28(20)22(17)24(32)33)23(31)21(18-4-3-9-38-18)26-25(34)36-11-15-5-7-16(35-2)8-6-15/h3-9,20-21H,10-13H2,1-2H3,(H,26,34)(H,32,33). The molecule has 1 fully saturated rings. The Morgan fingerprint density at radius 3 is 2.51 bits per heavy atom. The molecule has 39 heavy (non-hydrogen) atoms. The number of hydrogen-bond donors (Lipinski definition) is 2. The second-order valence-corrected chi connectivity index (χ2v) is 10.5. The molecule has 1 aromatic carbocycles. The van der Waals surface area contributed by atoms with Crippen molar-refractivity contribution in [2.24, 2.45) is 0 Å². The molecule has 14 heteroatoms. The summed E-state index contributed by atoms with van der Waals surface area (Å²) in [5, 5.41) is 13.8. The number of thiophene rings is 1. The van der Waals surface area contributed by atoms with E-state index in [1.54, 1.807) is 41.8 Å². The van der Waals surface area contributed by atoms with Gasteiger partial charge in [-0.05, 0) is 29.1 Å². The third kappa shape index (κ3) is 6.34. The van der Waals surface area contributed by atoms with Crippen molar-refractivity contribution < 1.29 is 43.3 Å². The molecule has 2 atom stereocenters. The summed E-state index contributed by atoms with van der Waals surface area (Å²) in [6.45, 7) is 0.449. The number of rotatable bonds is 10. The van der Waals surface area contributed by atoms with Crippen LogP contribution >= 0.6 is 23.1 Å². The molecule has 206 valence electrons. The number of carboxylic acid groups (broad SMARTS) is 1. The van der Waals surface area contributed by atoms with Gasteiger partial charge >= 0.3 is 18.0 Å². The Labute approximate surface area is 231 Å². The number of methoxy groups -OCH3 is 1. The molecule has 2 aliphatic heterocycles. The van der Waals surface area contributed by atoms with Gasteiger partial charge in [-0.15, -0.1) is 23.1 Å². The van der Waals surface area contributed by atoms with Crippen LogP contribution in [0.3, 0.4) is 0 Å². The number of aliphatic carboxylic acids is 1. The van der Waals surface area contributed by atoms with Gasteiger partial charge in [0.1, 0.15) is 18.4 Å². The van der Waals surface area contributed by atoms with Gasteiger partial charge in [-0.1, -0.05) is 18.2 Å². The summed E-state index contributed by atoms with van der Waals surface area (Å²) in [5.74, 6) is -2.54. The summed E-state index contributed by atoms with van der Waals surface area (Å²) in [4.78, 5) is 65.3. The molecule has 2 N–H and O–H groups in total. The number of esters is 1. The fraction of sp³-hybridized carbons (Fsp3) is 0.320. The molecule has 2 aromatic rings. The molecular formula is C25H25N3O9S2. The zero-order chi connectivity index (χ0) is 28.1. The Bertz CT molecular complexity index is 1290. The number of carbonyl (C=O) groups excluding carboxylic acids is 4. The summed E-state index contributed by atoms with van der Waals surface area (Å²) in [6.07, 6.45) is -0.708. The van der Waals surface area contributed by atoms with Gasteiger partial charge in [-0.2, -0.15) is 0 Å². The molecule has 0 radical (unpaired) electrons. The summed E-state index contributed by atoms with van der Waals surface area (Å²) < 4.78 is 15.5. The minimum atomic E-state index is -1.40. The number of nitrogens with zero attached hydrogens (tertiary/aromatic N) is 2. The first-order valence-electron chi connectivity index (χ1n) is 11.6. The quantitative estimate of drug-likeness (QED) is 0.246. The Kier molecular flexibility index (Phi) is 8.76. The number of β-lactam (4-membered cyclic amide) rings is 1. The van der Waals surface area contributed by atoms with Crippen LogP contribution in [0.2, 0.25) is 0 Å². The van der Waals surface area contributed by atoms with E-state index in [2.05, 4.69) is 5.32 Å². The molecule has 4 rings (SSSR count). The molecule has 3 amide bonds. The lowest BCUT2D eigenvalue weighted by atomic mass is 10.1. The van der Waals surface area contributed by atoms with E-state index in [-0.39, 0.29) is 35.5 Å². The summed E-state index contributed by atoms with van der Waals surface area (Å²) >= 11 is 2.47. The van der Waals surface area contributed by atoms with Crippen molar-refractivity contribution in [3.8, 4) is 5.75 Å². The van der Waals surface area contributed by atoms with Crippen molar-refractivity contribution in [3.05, 3.63) is 63.6 Å². The van der Waals surface area contributed by atoms with Crippen molar-refractivity contribution in [1.29, 1.82) is 0 Å². The maximum Gasteiger partial charge on any atom is 0.408 e. The maximum atomic E-state index is 13.9. The van der Waals surface area contributed by atoms with Crippen LogP contribution in [0.25, 0.3) is 0 Å². The van der Waals surface area contributed by atoms with Crippen molar-refractivity contribution in [2.45, 2.75) is 31.4 Å². The van der Waals surface area contributed by atoms with Crippen LogP contribution in [0.1, 0.15) is 29.8 Å². The fourth-order valence-electron chi connectivity index (χ4n) is 3.93. The Morgan fingerprint density at radius 2 is 1.92 bits per heavy atom. The minimum absolute atomic E-state index is 0.0157. The van der Waals surface area contributed by atoms with Crippen LogP contribution in [-0.4, -0.2) is 69.7 Å². The smallest absolute Gasteiger partial charge is 0.408 e. The number of nitrogens with one attached hydrogen (secondary N) is 1. The fourth-order valence-corrected chi connectivity index (χ4v) is 5.97. The lowest BCUT2D eigenvalue weighted by Gasteiger charge is -2.45. The Balaban J connectivity index is 1.60. The summed E-state index contributed by atoms with van der Waals surface area (Å²) in [5.41, 5.74) is 0.311. The minimum Gasteiger partial charge on any atom is -0.497 e. The van der Waals surface area contributed by atoms with Crippen LogP contribution in [0.15, 0.2) is 53.2 Å². The van der Waals surface area contributed by atoms with Crippen molar-refractivity contribution in [3.63, 3.8) is 0 Å². The number of benzene rings is 1. The SMILES string of the molecule is COc1ccc(COC(=O)NC(C(=O)N(COC(C)=O)C2=C(C(=O)O)N3C(=O)CC3SC2)c2cccs2)cc1. The molecule has 0 aliphatic carbocycles. The van der Waals surface area contributed by atoms with Crippen LogP contribution in [-0.2, 0) is 35.3 Å². The molecular weight excluding hydrogens is 550 g/mol. The van der Waals surface area contributed by atoms with E-state index in [4.69, 9.17) is 14.2 Å². The third-order valence-corrected chi connectivity index (χ3v) is 8.03. The number of fused-ring (bicyclic) bond motifs is 1. The number of amides is 3. The van der Waals surface area contributed by atoms with Gasteiger partial charge in [0.2, 0.25) is 5.91 Å². The van der Waals surface area contributed by atoms with Crippen LogP contribution in [0, 0.1) is 0 Å². The first-order valence-corrected chi connectivity index (χ1v) is 13.6. The van der Waals surface area contributed by atoms with E-state index in [0.29, 0.717) is 16.2 Å². The van der Waals surface area contributed by atoms with E-state index in [9.17, 15) is 29.1 Å². The molecule has 1 aromatic heterocycles. The topological polar surface area (TPSA) is 152 Å². The second-order valence-electron chi connectivity index (χ2n) is 8.38. The number of thioether (sulfide) groups is 1. The van der Waals surface area contributed by atoms with Gasteiger partial charge in [-0.3, -0.25) is 24.2 Å². The molecule has 0 saturated carbocycles. The Morgan fingerprint density at radius 1 is 1.18 bits per heavy atom. The lowest BCUT2D eigenvalue weighted by Crippen LogP contribution is -2.56. The van der Waals surface area contributed by atoms with Crippen LogP contribution in [0.5, 0.6) is 5.75 Å². The van der Waals surface area contributed by atoms with Gasteiger partial charge in [0.05, 0.1) is 24.6 Å². The van der Waals surface area contributed by atoms with Crippen molar-refractivity contribution >= 4 is 52.9 Å². The van der Waals surface area contributed by atoms with Gasteiger partial charge in [0, 0.05) is 17.6 Å². The van der Waals surface area contributed by atoms with Crippen molar-refractivity contribution in [1.82, 2.24) is 15.1 Å². The monoisotopic (exact) mass is 575 g/mol. The van der Waals surface area contributed by atoms with Gasteiger partial charge in [0.25, 0.3) is 5.91 Å². The number of ether oxygens (including phenoxy) is 3. The number of carboxylic acids is 1. The maximum absolute atomic E-state index is 13.9. The number of carbonyl (C=O) groups is 5. The predicted molar refractivity (Wildman–Crippen MR) is 139 cm³/mol. The normalized spacial score (nSPS) is 16.9. The number of hydrogen-bond acceptors (Lipinski definition) is 10. The van der Waals surface area contributed by atoms with Gasteiger partial charge in [0.15, 0.2) is 12.4 Å². The molecule has 0 spiro atoms. The highest BCUT2D eigenvalue weighted by molar-refractivity contribution is 8.00. The van der Waals surface area contributed by atoms with Crippen molar-refractivity contribution in [2.75, 3.05) is 19.6 Å². The van der Waals surface area contributed by atoms with E-state index in [0.717, 1.165) is 16.7 Å². The van der Waals surface area contributed by atoms with E-state index >= 15 is 0 Å². The Hall–Kier alpha value is -4.04. The molecule has 1 saturated heterocycles. The lowest BCUT2D eigenvalue weighted by molar-refractivity contribution is -0.151. The molecule has 2 aliphatic rings. The zero-order valence-electron chi connectivity index (χ0n) is 20.9. The number of alkyl carbamates (subject to hydrolysis) is 1. The largest absolute Gasteiger partial charge is 0.497 e. The van der Waals surface area contributed by atoms with Crippen LogP contribution in [0.4, 0.5) is 4.79 Å². The zero-order valence-corrected chi connectivity index (χ0v) is 22.6. The van der Waals surface area contributed by atoms with E-state index in [1.165, 1.54) is 30.2 Å². The predicted octanol–water partition coefficient (Wildman–Crippen LogP) is 2.67. The van der Waals surface area contributed by atoms with E-state index in [1.807, 2.05) is 0 Å². The summed E-state index contributed by atoms with van der Waals surface area (Å²) in [6, 6.07) is 8.89. The van der Waals surface area contributed by atoms with Gasteiger partial charge < -0.3 is 24.6 Å².